The van der Waals surface area contributed by atoms with E-state index in [1.165, 1.54) is 42.3 Å². The molecule has 0 aliphatic rings. The van der Waals surface area contributed by atoms with Gasteiger partial charge in [-0.15, -0.1) is 0 Å². The Kier molecular flexibility index (Phi) is 9.24. The minimum atomic E-state index is -4.21. The van der Waals surface area contributed by atoms with Gasteiger partial charge in [-0.05, 0) is 48.9 Å². The maximum atomic E-state index is 13.7. The van der Waals surface area contributed by atoms with Crippen molar-refractivity contribution in [2.24, 2.45) is 0 Å². The van der Waals surface area contributed by atoms with Crippen molar-refractivity contribution < 1.29 is 18.0 Å². The number of nitrogens with one attached hydrogen (secondary N) is 1. The topological polar surface area (TPSA) is 86.8 Å². The quantitative estimate of drug-likeness (QED) is 0.393. The molecule has 7 nitrogen and oxygen atoms in total. The van der Waals surface area contributed by atoms with Crippen LogP contribution >= 0.6 is 34.8 Å². The third-order valence-electron chi connectivity index (χ3n) is 5.46. The number of carbonyl (C=O) groups excluding carboxylic acids is 2. The zero-order valence-electron chi connectivity index (χ0n) is 19.5. The Morgan fingerprint density at radius 1 is 0.917 bits per heavy atom. The van der Waals surface area contributed by atoms with Crippen LogP contribution < -0.4 is 9.62 Å². The standard InChI is InChI=1S/C25H24Cl3N3O4S/c1-17(25(33)29-2)30(15-18-8-6-7-11-23(18)28)24(32)16-31(21-13-19(26)12-20(27)14-21)36(34,35)22-9-4-3-5-10-22/h3-14,17H,15-16H2,1-2H3,(H,29,33)/t17-/m1/s1. The molecule has 1 N–H and O–H groups in total. The number of nitrogens with zero attached hydrogens (tertiary/aromatic N) is 2. The van der Waals surface area contributed by atoms with Gasteiger partial charge >= 0.3 is 0 Å². The summed E-state index contributed by atoms with van der Waals surface area (Å²) in [5, 5.41) is 3.33. The van der Waals surface area contributed by atoms with Gasteiger partial charge in [0.2, 0.25) is 11.8 Å². The predicted molar refractivity (Wildman–Crippen MR) is 143 cm³/mol. The molecule has 0 saturated carbocycles. The van der Waals surface area contributed by atoms with Gasteiger partial charge in [0.25, 0.3) is 10.0 Å². The number of anilines is 1. The number of halogens is 3. The first-order chi connectivity index (χ1) is 17.0. The lowest BCUT2D eigenvalue weighted by molar-refractivity contribution is -0.139. The molecule has 0 spiro atoms. The van der Waals surface area contributed by atoms with E-state index in [0.717, 1.165) is 4.31 Å². The van der Waals surface area contributed by atoms with Crippen LogP contribution in [0, 0.1) is 0 Å². The van der Waals surface area contributed by atoms with E-state index < -0.39 is 34.4 Å². The fourth-order valence-electron chi connectivity index (χ4n) is 3.53. The van der Waals surface area contributed by atoms with Gasteiger partial charge < -0.3 is 10.2 Å². The van der Waals surface area contributed by atoms with E-state index in [-0.39, 0.29) is 27.2 Å². The van der Waals surface area contributed by atoms with Crippen LogP contribution in [0.3, 0.4) is 0 Å². The van der Waals surface area contributed by atoms with Gasteiger partial charge in [0.1, 0.15) is 12.6 Å². The summed E-state index contributed by atoms with van der Waals surface area (Å²) in [5.74, 6) is -1.04. The number of rotatable bonds is 9. The molecule has 36 heavy (non-hydrogen) atoms. The highest BCUT2D eigenvalue weighted by molar-refractivity contribution is 7.92. The molecule has 3 aromatic rings. The minimum Gasteiger partial charge on any atom is -0.357 e. The van der Waals surface area contributed by atoms with Crippen molar-refractivity contribution in [2.45, 2.75) is 24.4 Å². The zero-order chi connectivity index (χ0) is 26.5. The normalized spacial score (nSPS) is 12.0. The monoisotopic (exact) mass is 567 g/mol. The molecular weight excluding hydrogens is 545 g/mol. The predicted octanol–water partition coefficient (Wildman–Crippen LogP) is 5.01. The molecule has 2 amide bonds. The average molecular weight is 569 g/mol. The molecular formula is C25H24Cl3N3O4S. The van der Waals surface area contributed by atoms with Gasteiger partial charge in [-0.1, -0.05) is 71.2 Å². The van der Waals surface area contributed by atoms with Crippen molar-refractivity contribution in [1.29, 1.82) is 0 Å². The molecule has 0 heterocycles. The first-order valence-corrected chi connectivity index (χ1v) is 13.4. The molecule has 1 atom stereocenters. The lowest BCUT2D eigenvalue weighted by Gasteiger charge is -2.32. The van der Waals surface area contributed by atoms with Crippen molar-refractivity contribution in [1.82, 2.24) is 10.2 Å². The Morgan fingerprint density at radius 3 is 2.08 bits per heavy atom. The van der Waals surface area contributed by atoms with Gasteiger partial charge in [0.05, 0.1) is 10.6 Å². The Hall–Kier alpha value is -2.78. The Morgan fingerprint density at radius 2 is 1.50 bits per heavy atom. The number of amides is 2. The van der Waals surface area contributed by atoms with Crippen LogP contribution in [0.1, 0.15) is 12.5 Å². The summed E-state index contributed by atoms with van der Waals surface area (Å²) < 4.78 is 28.2. The van der Waals surface area contributed by atoms with E-state index in [0.29, 0.717) is 10.6 Å². The molecule has 0 aliphatic carbocycles. The molecule has 0 fully saturated rings. The van der Waals surface area contributed by atoms with Gasteiger partial charge in [-0.3, -0.25) is 13.9 Å². The zero-order valence-corrected chi connectivity index (χ0v) is 22.6. The van der Waals surface area contributed by atoms with Gasteiger partial charge in [-0.25, -0.2) is 8.42 Å². The van der Waals surface area contributed by atoms with Crippen LogP contribution in [0.4, 0.5) is 5.69 Å². The molecule has 190 valence electrons. The molecule has 3 rings (SSSR count). The first-order valence-electron chi connectivity index (χ1n) is 10.8. The molecule has 0 bridgehead atoms. The third-order valence-corrected chi connectivity index (χ3v) is 8.05. The molecule has 0 radical (unpaired) electrons. The van der Waals surface area contributed by atoms with Gasteiger partial charge in [0.15, 0.2) is 0 Å². The smallest absolute Gasteiger partial charge is 0.264 e. The number of hydrogen-bond donors (Lipinski definition) is 1. The SMILES string of the molecule is CNC(=O)[C@@H](C)N(Cc1ccccc1Cl)C(=O)CN(c1cc(Cl)cc(Cl)c1)S(=O)(=O)c1ccccc1. The number of benzene rings is 3. The van der Waals surface area contributed by atoms with Crippen molar-refractivity contribution in [2.75, 3.05) is 17.9 Å². The van der Waals surface area contributed by atoms with E-state index in [2.05, 4.69) is 5.32 Å². The van der Waals surface area contributed by atoms with E-state index >= 15 is 0 Å². The van der Waals surface area contributed by atoms with E-state index in [1.807, 2.05) is 0 Å². The molecule has 0 aliphatic heterocycles. The summed E-state index contributed by atoms with van der Waals surface area (Å²) in [5.41, 5.74) is 0.710. The van der Waals surface area contributed by atoms with E-state index in [1.54, 1.807) is 49.4 Å². The number of carbonyl (C=O) groups is 2. The molecule has 11 heteroatoms. The number of sulfonamides is 1. The van der Waals surface area contributed by atoms with Crippen molar-refractivity contribution in [3.05, 3.63) is 93.4 Å². The van der Waals surface area contributed by atoms with Crippen LogP contribution in [-0.4, -0.2) is 44.8 Å². The fraction of sp³-hybridized carbons (Fsp3) is 0.200. The third kappa shape index (κ3) is 6.50. The van der Waals surface area contributed by atoms with Crippen LogP contribution in [0.2, 0.25) is 15.1 Å². The van der Waals surface area contributed by atoms with Gasteiger partial charge in [0, 0.05) is 28.7 Å². The largest absolute Gasteiger partial charge is 0.357 e. The Bertz CT molecular complexity index is 1330. The lowest BCUT2D eigenvalue weighted by atomic mass is 10.1. The Balaban J connectivity index is 2.07. The summed E-state index contributed by atoms with van der Waals surface area (Å²) in [6.45, 7) is 0.933. The maximum absolute atomic E-state index is 13.7. The second-order valence-corrected chi connectivity index (χ2v) is 11.0. The Labute approximate surface area is 225 Å². The number of hydrogen-bond acceptors (Lipinski definition) is 4. The highest BCUT2D eigenvalue weighted by atomic mass is 35.5. The highest BCUT2D eigenvalue weighted by Gasteiger charge is 2.32. The first kappa shape index (κ1) is 27.8. The maximum Gasteiger partial charge on any atom is 0.264 e. The van der Waals surface area contributed by atoms with Crippen LogP contribution in [-0.2, 0) is 26.2 Å². The molecule has 0 aromatic heterocycles. The summed E-state index contributed by atoms with van der Waals surface area (Å²) in [7, 11) is -2.75. The van der Waals surface area contributed by atoms with Crippen LogP contribution in [0.5, 0.6) is 0 Å². The fourth-order valence-corrected chi connectivity index (χ4v) is 5.66. The number of likely N-dealkylation sites (N-methyl/N-ethyl adjacent to an activating group) is 1. The minimum absolute atomic E-state index is 0.0113. The highest BCUT2D eigenvalue weighted by Crippen LogP contribution is 2.30. The van der Waals surface area contributed by atoms with E-state index in [4.69, 9.17) is 34.8 Å². The summed E-state index contributed by atoms with van der Waals surface area (Å²) in [6, 6.07) is 17.9. The summed E-state index contributed by atoms with van der Waals surface area (Å²) >= 11 is 18.6. The van der Waals surface area contributed by atoms with Crippen LogP contribution in [0.25, 0.3) is 0 Å². The van der Waals surface area contributed by atoms with Crippen molar-refractivity contribution in [3.63, 3.8) is 0 Å². The summed E-state index contributed by atoms with van der Waals surface area (Å²) in [6.07, 6.45) is 0. The molecule has 0 saturated heterocycles. The molecule has 0 unspecified atom stereocenters. The van der Waals surface area contributed by atoms with Crippen LogP contribution in [0.15, 0.2) is 77.7 Å². The van der Waals surface area contributed by atoms with Gasteiger partial charge in [-0.2, -0.15) is 0 Å². The molecule has 3 aromatic carbocycles. The van der Waals surface area contributed by atoms with Crippen molar-refractivity contribution >= 4 is 62.3 Å². The van der Waals surface area contributed by atoms with Crippen molar-refractivity contribution in [3.8, 4) is 0 Å². The average Bonchev–Trinajstić information content (AvgIpc) is 2.85. The second-order valence-electron chi connectivity index (χ2n) is 7.86. The lowest BCUT2D eigenvalue weighted by Crippen LogP contribution is -2.50. The van der Waals surface area contributed by atoms with E-state index in [9.17, 15) is 18.0 Å². The second kappa shape index (κ2) is 12.0. The summed E-state index contributed by atoms with van der Waals surface area (Å²) in [4.78, 5) is 27.4.